The number of hydrogen-bond acceptors (Lipinski definition) is 6. The summed E-state index contributed by atoms with van der Waals surface area (Å²) in [6.45, 7) is 1.94. The van der Waals surface area contributed by atoms with E-state index in [-0.39, 0.29) is 18.2 Å². The van der Waals surface area contributed by atoms with Gasteiger partial charge in [-0.05, 0) is 54.5 Å². The number of nitrogens with zero attached hydrogens (tertiary/aromatic N) is 4. The molecule has 3 N–H and O–H groups in total. The number of carboxylic acids is 1. The number of pyridine rings is 2. The molecule has 1 unspecified atom stereocenters. The molecule has 0 spiro atoms. The molecule has 9 nitrogen and oxygen atoms in total. The third kappa shape index (κ3) is 4.46. The van der Waals surface area contributed by atoms with Crippen molar-refractivity contribution in [3.05, 3.63) is 70.8 Å². The zero-order chi connectivity index (χ0) is 23.7. The largest absolute Gasteiger partial charge is 0.493 e. The Hall–Kier alpha value is -3.88. The van der Waals surface area contributed by atoms with Gasteiger partial charge < -0.3 is 25.0 Å². The van der Waals surface area contributed by atoms with Crippen molar-refractivity contribution in [2.45, 2.75) is 44.7 Å². The van der Waals surface area contributed by atoms with E-state index >= 15 is 0 Å². The van der Waals surface area contributed by atoms with Crippen LogP contribution in [0.1, 0.15) is 51.8 Å². The number of aryl methyl sites for hydroxylation is 3. The molecule has 2 aliphatic rings. The molecule has 1 atom stereocenters. The summed E-state index contributed by atoms with van der Waals surface area (Å²) in [6, 6.07) is 8.50. The highest BCUT2D eigenvalue weighted by atomic mass is 16.4. The van der Waals surface area contributed by atoms with Crippen LogP contribution in [0.25, 0.3) is 0 Å². The molecule has 0 aromatic carbocycles. The second-order valence-corrected chi connectivity index (χ2v) is 8.83. The van der Waals surface area contributed by atoms with Gasteiger partial charge in [0.05, 0.1) is 12.5 Å². The smallest absolute Gasteiger partial charge is 0.305 e. The van der Waals surface area contributed by atoms with Gasteiger partial charge >= 0.3 is 5.97 Å². The molecule has 9 heteroatoms. The van der Waals surface area contributed by atoms with E-state index < -0.39 is 12.0 Å². The summed E-state index contributed by atoms with van der Waals surface area (Å²) < 4.78 is 1.95. The lowest BCUT2D eigenvalue weighted by atomic mass is 10.0. The lowest BCUT2D eigenvalue weighted by molar-refractivity contribution is -0.138. The fraction of sp³-hybridized carbons (Fsp3) is 0.360. The van der Waals surface area contributed by atoms with E-state index in [4.69, 9.17) is 4.98 Å². The Bertz CT molecular complexity index is 1220. The second-order valence-electron chi connectivity index (χ2n) is 8.83. The molecule has 0 fully saturated rings. The van der Waals surface area contributed by atoms with E-state index in [1.807, 2.05) is 16.8 Å². The summed E-state index contributed by atoms with van der Waals surface area (Å²) >= 11 is 0. The van der Waals surface area contributed by atoms with Gasteiger partial charge in [0.2, 0.25) is 5.88 Å². The molecule has 2 aliphatic heterocycles. The minimum Gasteiger partial charge on any atom is -0.493 e. The van der Waals surface area contributed by atoms with Gasteiger partial charge in [-0.3, -0.25) is 9.59 Å². The predicted molar refractivity (Wildman–Crippen MR) is 125 cm³/mol. The van der Waals surface area contributed by atoms with E-state index in [1.165, 1.54) is 17.8 Å². The molecule has 0 aliphatic carbocycles. The average Bonchev–Trinajstić information content (AvgIpc) is 3.26. The molecule has 0 bridgehead atoms. The molecule has 3 aromatic rings. The quantitative estimate of drug-likeness (QED) is 0.495. The normalized spacial score (nSPS) is 15.9. The fourth-order valence-corrected chi connectivity index (χ4v) is 4.78. The summed E-state index contributed by atoms with van der Waals surface area (Å²) in [6.07, 6.45) is 6.93. The Morgan fingerprint density at radius 2 is 2.06 bits per heavy atom. The number of carboxylic acid groups (broad SMARTS) is 1. The van der Waals surface area contributed by atoms with Crippen molar-refractivity contribution in [2.24, 2.45) is 0 Å². The number of rotatable bonds is 7. The van der Waals surface area contributed by atoms with Gasteiger partial charge in [0.15, 0.2) is 0 Å². The zero-order valence-corrected chi connectivity index (χ0v) is 18.8. The molecule has 34 heavy (non-hydrogen) atoms. The van der Waals surface area contributed by atoms with Gasteiger partial charge in [-0.25, -0.2) is 9.97 Å². The Morgan fingerprint density at radius 1 is 1.18 bits per heavy atom. The van der Waals surface area contributed by atoms with E-state index in [0.717, 1.165) is 49.3 Å². The summed E-state index contributed by atoms with van der Waals surface area (Å²) in [4.78, 5) is 35.1. The van der Waals surface area contributed by atoms with Crippen molar-refractivity contribution in [1.29, 1.82) is 0 Å². The number of carbonyl (C=O) groups excluding carboxylic acids is 1. The van der Waals surface area contributed by atoms with Crippen molar-refractivity contribution < 1.29 is 19.8 Å². The zero-order valence-electron chi connectivity index (χ0n) is 18.8. The van der Waals surface area contributed by atoms with Gasteiger partial charge in [0, 0.05) is 43.8 Å². The van der Waals surface area contributed by atoms with Crippen LogP contribution in [0.3, 0.4) is 0 Å². The molecule has 0 radical (unpaired) electrons. The third-order valence-electron chi connectivity index (χ3n) is 6.54. The lowest BCUT2D eigenvalue weighted by Crippen LogP contribution is -2.43. The topological polar surface area (TPSA) is 121 Å². The second kappa shape index (κ2) is 9.17. The van der Waals surface area contributed by atoms with Crippen LogP contribution < -0.4 is 5.32 Å². The number of hydrogen-bond donors (Lipinski definition) is 3. The predicted octanol–water partition coefficient (Wildman–Crippen LogP) is 2.80. The first kappa shape index (κ1) is 21.9. The van der Waals surface area contributed by atoms with Crippen molar-refractivity contribution in [3.8, 4) is 5.88 Å². The van der Waals surface area contributed by atoms with E-state index in [2.05, 4.69) is 22.4 Å². The van der Waals surface area contributed by atoms with Crippen LogP contribution in [0, 0.1) is 0 Å². The molecule has 3 aromatic heterocycles. The highest BCUT2D eigenvalue weighted by Gasteiger charge is 2.33. The first-order valence-electron chi connectivity index (χ1n) is 11.6. The Morgan fingerprint density at radius 3 is 2.85 bits per heavy atom. The van der Waals surface area contributed by atoms with Crippen LogP contribution in [0.4, 0.5) is 5.82 Å². The maximum atomic E-state index is 13.3. The first-order valence-corrected chi connectivity index (χ1v) is 11.6. The van der Waals surface area contributed by atoms with Crippen LogP contribution in [0.2, 0.25) is 0 Å². The first-order chi connectivity index (χ1) is 16.5. The van der Waals surface area contributed by atoms with E-state index in [0.29, 0.717) is 24.3 Å². The number of amides is 1. The van der Waals surface area contributed by atoms with Gasteiger partial charge in [0.25, 0.3) is 5.91 Å². The van der Waals surface area contributed by atoms with Crippen LogP contribution in [0.15, 0.2) is 42.7 Å². The molecule has 176 valence electrons. The van der Waals surface area contributed by atoms with Gasteiger partial charge in [-0.15, -0.1) is 0 Å². The minimum absolute atomic E-state index is 0.148. The van der Waals surface area contributed by atoms with Crippen molar-refractivity contribution in [3.63, 3.8) is 0 Å². The highest BCUT2D eigenvalue weighted by molar-refractivity contribution is 5.94. The summed E-state index contributed by atoms with van der Waals surface area (Å²) in [5.41, 5.74) is 4.48. The fourth-order valence-electron chi connectivity index (χ4n) is 4.78. The Kier molecular flexibility index (Phi) is 5.91. The van der Waals surface area contributed by atoms with Gasteiger partial charge in [-0.2, -0.15) is 0 Å². The average molecular weight is 462 g/mol. The molecular weight excluding hydrogens is 434 g/mol. The summed E-state index contributed by atoms with van der Waals surface area (Å²) in [7, 11) is 0. The Balaban J connectivity index is 1.32. The SMILES string of the molecule is O=C(O)CC(c1ccc(O)nc1)N1CCn2cc(CCc3ccc4c(n3)NCCC4)cc2C1=O. The standard InChI is InChI=1S/C25H27N5O4/c31-22-8-5-18(14-27-22)20(13-23(32)33)30-11-10-29-15-16(12-21(29)25(30)34)3-6-19-7-4-17-2-1-9-26-24(17)28-19/h4-5,7-8,12,14-15,20H,1-3,6,9-11,13H2,(H,26,28)(H,27,31)(H,32,33). The highest BCUT2D eigenvalue weighted by Crippen LogP contribution is 2.30. The van der Waals surface area contributed by atoms with Crippen LogP contribution in [-0.4, -0.2) is 54.6 Å². The van der Waals surface area contributed by atoms with Gasteiger partial charge in [-0.1, -0.05) is 12.1 Å². The summed E-state index contributed by atoms with van der Waals surface area (Å²) in [5, 5.41) is 22.3. The Labute approximate surface area is 197 Å². The van der Waals surface area contributed by atoms with Crippen LogP contribution >= 0.6 is 0 Å². The molecule has 5 heterocycles. The summed E-state index contributed by atoms with van der Waals surface area (Å²) in [5.74, 6) is -0.364. The lowest BCUT2D eigenvalue weighted by Gasteiger charge is -2.34. The maximum absolute atomic E-state index is 13.3. The van der Waals surface area contributed by atoms with E-state index in [9.17, 15) is 19.8 Å². The van der Waals surface area contributed by atoms with Crippen LogP contribution in [-0.2, 0) is 30.6 Å². The number of fused-ring (bicyclic) bond motifs is 2. The number of nitrogens with one attached hydrogen (secondary N) is 1. The molecule has 1 amide bonds. The molecular formula is C25H27N5O4. The number of aliphatic carboxylic acids is 1. The van der Waals surface area contributed by atoms with Crippen LogP contribution in [0.5, 0.6) is 5.88 Å². The molecule has 0 saturated heterocycles. The van der Waals surface area contributed by atoms with Crippen molar-refractivity contribution in [2.75, 3.05) is 18.4 Å². The number of aromatic hydroxyl groups is 1. The number of anilines is 1. The maximum Gasteiger partial charge on any atom is 0.305 e. The minimum atomic E-state index is -1.00. The number of aromatic nitrogens is 3. The molecule has 0 saturated carbocycles. The third-order valence-corrected chi connectivity index (χ3v) is 6.54. The van der Waals surface area contributed by atoms with Gasteiger partial charge in [0.1, 0.15) is 11.5 Å². The van der Waals surface area contributed by atoms with Crippen molar-refractivity contribution in [1.82, 2.24) is 19.4 Å². The molecule has 5 rings (SSSR count). The van der Waals surface area contributed by atoms with Crippen molar-refractivity contribution >= 4 is 17.7 Å². The number of carbonyl (C=O) groups is 2. The monoisotopic (exact) mass is 461 g/mol. The van der Waals surface area contributed by atoms with E-state index in [1.54, 1.807) is 11.0 Å².